The van der Waals surface area contributed by atoms with Crippen LogP contribution in [0.25, 0.3) is 0 Å². The molecule has 0 fully saturated rings. The fourth-order valence-electron chi connectivity index (χ4n) is 1.38. The maximum Gasteiger partial charge on any atom is 0.147 e. The van der Waals surface area contributed by atoms with Crippen LogP contribution in [0.2, 0.25) is 5.02 Å². The van der Waals surface area contributed by atoms with Gasteiger partial charge in [0.15, 0.2) is 0 Å². The van der Waals surface area contributed by atoms with Crippen molar-refractivity contribution in [2.24, 2.45) is 5.73 Å². The fraction of sp³-hybridized carbons (Fsp3) is 0.0833. The largest absolute Gasteiger partial charge is 0.455 e. The minimum atomic E-state index is 0.406. The molecule has 2 aromatic rings. The molecule has 88 valence electrons. The normalized spacial score (nSPS) is 10.3. The number of ether oxygens (including phenoxy) is 1. The van der Waals surface area contributed by atoms with Crippen molar-refractivity contribution in [1.82, 2.24) is 4.98 Å². The molecular formula is C12H10BrClN2O. The van der Waals surface area contributed by atoms with E-state index in [9.17, 15) is 0 Å². The van der Waals surface area contributed by atoms with E-state index in [-0.39, 0.29) is 0 Å². The van der Waals surface area contributed by atoms with Gasteiger partial charge in [-0.3, -0.25) is 4.98 Å². The van der Waals surface area contributed by atoms with Crippen LogP contribution >= 0.6 is 27.5 Å². The van der Waals surface area contributed by atoms with E-state index in [0.717, 1.165) is 10.0 Å². The Kier molecular flexibility index (Phi) is 3.99. The van der Waals surface area contributed by atoms with Gasteiger partial charge in [-0.2, -0.15) is 0 Å². The molecule has 0 spiro atoms. The lowest BCUT2D eigenvalue weighted by Crippen LogP contribution is -1.99. The quantitative estimate of drug-likeness (QED) is 0.939. The molecule has 1 heterocycles. The first-order valence-electron chi connectivity index (χ1n) is 4.96. The highest BCUT2D eigenvalue weighted by Crippen LogP contribution is 2.28. The minimum absolute atomic E-state index is 0.406. The van der Waals surface area contributed by atoms with Crippen LogP contribution in [-0.4, -0.2) is 4.98 Å². The van der Waals surface area contributed by atoms with E-state index < -0.39 is 0 Å². The van der Waals surface area contributed by atoms with E-state index in [1.54, 1.807) is 18.5 Å². The summed E-state index contributed by atoms with van der Waals surface area (Å²) in [6.07, 6.45) is 3.16. The van der Waals surface area contributed by atoms with Crippen LogP contribution in [0.15, 0.2) is 41.1 Å². The van der Waals surface area contributed by atoms with Crippen molar-refractivity contribution in [3.63, 3.8) is 0 Å². The highest BCUT2D eigenvalue weighted by molar-refractivity contribution is 9.10. The monoisotopic (exact) mass is 312 g/mol. The summed E-state index contributed by atoms with van der Waals surface area (Å²) in [5.41, 5.74) is 6.58. The first-order valence-corrected chi connectivity index (χ1v) is 6.13. The van der Waals surface area contributed by atoms with Gasteiger partial charge in [0, 0.05) is 28.8 Å². The van der Waals surface area contributed by atoms with Crippen LogP contribution in [0.4, 0.5) is 0 Å². The number of benzene rings is 1. The van der Waals surface area contributed by atoms with Crippen molar-refractivity contribution in [2.45, 2.75) is 6.54 Å². The third kappa shape index (κ3) is 3.19. The fourth-order valence-corrected chi connectivity index (χ4v) is 1.95. The van der Waals surface area contributed by atoms with Crippen LogP contribution in [0.1, 0.15) is 5.56 Å². The van der Waals surface area contributed by atoms with E-state index in [2.05, 4.69) is 20.9 Å². The topological polar surface area (TPSA) is 48.1 Å². The lowest BCUT2D eigenvalue weighted by atomic mass is 10.2. The highest BCUT2D eigenvalue weighted by atomic mass is 79.9. The number of hydrogen-bond acceptors (Lipinski definition) is 3. The second-order valence-corrected chi connectivity index (χ2v) is 4.75. The number of aromatic nitrogens is 1. The zero-order valence-corrected chi connectivity index (χ0v) is 11.2. The van der Waals surface area contributed by atoms with E-state index in [4.69, 9.17) is 22.1 Å². The van der Waals surface area contributed by atoms with Crippen molar-refractivity contribution in [3.05, 3.63) is 51.7 Å². The molecule has 0 saturated heterocycles. The second kappa shape index (κ2) is 5.49. The van der Waals surface area contributed by atoms with Crippen molar-refractivity contribution in [3.8, 4) is 11.5 Å². The van der Waals surface area contributed by atoms with Gasteiger partial charge in [0.05, 0.1) is 11.2 Å². The number of pyridine rings is 1. The first-order chi connectivity index (χ1) is 8.19. The molecule has 0 radical (unpaired) electrons. The Morgan fingerprint density at radius 1 is 1.29 bits per heavy atom. The van der Waals surface area contributed by atoms with Crippen molar-refractivity contribution in [1.29, 1.82) is 0 Å². The summed E-state index contributed by atoms with van der Waals surface area (Å²) in [4.78, 5) is 3.96. The van der Waals surface area contributed by atoms with Crippen LogP contribution in [0.3, 0.4) is 0 Å². The number of nitrogens with zero attached hydrogens (tertiary/aromatic N) is 1. The third-order valence-corrected chi connectivity index (χ3v) is 2.85. The predicted molar refractivity (Wildman–Crippen MR) is 71.4 cm³/mol. The number of hydrogen-bond donors (Lipinski definition) is 1. The molecule has 2 rings (SSSR count). The molecule has 2 N–H and O–H groups in total. The lowest BCUT2D eigenvalue weighted by molar-refractivity contribution is 0.474. The molecule has 1 aromatic carbocycles. The molecule has 17 heavy (non-hydrogen) atoms. The third-order valence-electron chi connectivity index (χ3n) is 2.15. The average molecular weight is 314 g/mol. The van der Waals surface area contributed by atoms with Gasteiger partial charge in [0.2, 0.25) is 0 Å². The van der Waals surface area contributed by atoms with Gasteiger partial charge in [0.25, 0.3) is 0 Å². The average Bonchev–Trinajstić information content (AvgIpc) is 2.31. The van der Waals surface area contributed by atoms with Gasteiger partial charge in [-0.15, -0.1) is 0 Å². The molecule has 0 amide bonds. The maximum atomic E-state index is 5.84. The van der Waals surface area contributed by atoms with Crippen LogP contribution < -0.4 is 10.5 Å². The van der Waals surface area contributed by atoms with Gasteiger partial charge in [-0.05, 0) is 18.2 Å². The molecule has 0 unspecified atom stereocenters. The van der Waals surface area contributed by atoms with Crippen LogP contribution in [-0.2, 0) is 6.54 Å². The molecule has 0 aliphatic heterocycles. The van der Waals surface area contributed by atoms with Gasteiger partial charge in [-0.1, -0.05) is 27.5 Å². The van der Waals surface area contributed by atoms with Crippen molar-refractivity contribution in [2.75, 3.05) is 0 Å². The highest BCUT2D eigenvalue weighted by Gasteiger charge is 2.05. The molecule has 1 aromatic heterocycles. The van der Waals surface area contributed by atoms with Crippen LogP contribution in [0, 0.1) is 0 Å². The number of halogens is 2. The van der Waals surface area contributed by atoms with Gasteiger partial charge < -0.3 is 10.5 Å². The Morgan fingerprint density at radius 2 is 2.12 bits per heavy atom. The summed E-state index contributed by atoms with van der Waals surface area (Å²) < 4.78 is 6.66. The standard InChI is InChI=1S/C12H10BrClN2O/c13-9-1-2-12(8(3-9)5-15)17-11-4-10(14)6-16-7-11/h1-4,6-7H,5,15H2. The van der Waals surface area contributed by atoms with E-state index in [0.29, 0.717) is 23.1 Å². The van der Waals surface area contributed by atoms with Crippen molar-refractivity contribution >= 4 is 27.5 Å². The molecule has 0 aliphatic rings. The van der Waals surface area contributed by atoms with E-state index in [1.807, 2.05) is 18.2 Å². The summed E-state index contributed by atoms with van der Waals surface area (Å²) in [7, 11) is 0. The molecule has 0 atom stereocenters. The smallest absolute Gasteiger partial charge is 0.147 e. The Labute approximate surface area is 113 Å². The molecule has 0 bridgehead atoms. The number of nitrogens with two attached hydrogens (primary N) is 1. The van der Waals surface area contributed by atoms with Gasteiger partial charge >= 0.3 is 0 Å². The minimum Gasteiger partial charge on any atom is -0.455 e. The summed E-state index contributed by atoms with van der Waals surface area (Å²) in [5, 5.41) is 0.536. The molecular weight excluding hydrogens is 304 g/mol. The zero-order valence-electron chi connectivity index (χ0n) is 8.86. The summed E-state index contributed by atoms with van der Waals surface area (Å²) in [5.74, 6) is 1.30. The molecule has 5 heteroatoms. The second-order valence-electron chi connectivity index (χ2n) is 3.40. The molecule has 3 nitrogen and oxygen atoms in total. The Bertz CT molecular complexity index is 534. The predicted octanol–water partition coefficient (Wildman–Crippen LogP) is 3.75. The SMILES string of the molecule is NCc1cc(Br)ccc1Oc1cncc(Cl)c1. The number of rotatable bonds is 3. The first kappa shape index (κ1) is 12.4. The van der Waals surface area contributed by atoms with Gasteiger partial charge in [0.1, 0.15) is 11.5 Å². The lowest BCUT2D eigenvalue weighted by Gasteiger charge is -2.10. The maximum absolute atomic E-state index is 5.84. The van der Waals surface area contributed by atoms with E-state index >= 15 is 0 Å². The summed E-state index contributed by atoms with van der Waals surface area (Å²) in [6, 6.07) is 7.38. The molecule has 0 aliphatic carbocycles. The van der Waals surface area contributed by atoms with E-state index in [1.165, 1.54) is 0 Å². The van der Waals surface area contributed by atoms with Gasteiger partial charge in [-0.25, -0.2) is 0 Å². The molecule has 0 saturated carbocycles. The summed E-state index contributed by atoms with van der Waals surface area (Å²) in [6.45, 7) is 0.406. The van der Waals surface area contributed by atoms with Crippen LogP contribution in [0.5, 0.6) is 11.5 Å². The Morgan fingerprint density at radius 3 is 2.82 bits per heavy atom. The zero-order chi connectivity index (χ0) is 12.3. The Hall–Kier alpha value is -1.10. The summed E-state index contributed by atoms with van der Waals surface area (Å²) >= 11 is 9.22. The van der Waals surface area contributed by atoms with Crippen molar-refractivity contribution < 1.29 is 4.74 Å². The Balaban J connectivity index is 2.29.